The van der Waals surface area contributed by atoms with Crippen LogP contribution in [0, 0.1) is 10.1 Å². The zero-order valence-corrected chi connectivity index (χ0v) is 10.4. The average Bonchev–Trinajstić information content (AvgIpc) is 2.28. The molecule has 1 aromatic carbocycles. The number of hydrogen-bond acceptors (Lipinski definition) is 2. The summed E-state index contributed by atoms with van der Waals surface area (Å²) >= 11 is 5.88. The van der Waals surface area contributed by atoms with Gasteiger partial charge in [0.15, 0.2) is 0 Å². The van der Waals surface area contributed by atoms with Gasteiger partial charge in [0.25, 0.3) is 5.69 Å². The number of nitrogens with zero attached hydrogens (tertiary/aromatic N) is 1. The van der Waals surface area contributed by atoms with Gasteiger partial charge in [-0.3, -0.25) is 10.1 Å². The predicted molar refractivity (Wildman–Crippen MR) is 65.7 cm³/mol. The molecule has 0 aromatic heterocycles. The fourth-order valence-corrected chi connectivity index (χ4v) is 1.92. The van der Waals surface area contributed by atoms with Crippen molar-refractivity contribution < 1.29 is 10.0 Å². The molecule has 0 aliphatic heterocycles. The number of unbranched alkanes of at least 4 members (excludes halogenated alkanes) is 2. The summed E-state index contributed by atoms with van der Waals surface area (Å²) in [5.41, 5.74) is 0.368. The number of halogens is 1. The second-order valence-electron chi connectivity index (χ2n) is 3.95. The maximum absolute atomic E-state index is 11.9. The van der Waals surface area contributed by atoms with Gasteiger partial charge in [-0.05, 0) is 12.5 Å². The van der Waals surface area contributed by atoms with Crippen LogP contribution in [0.5, 0.6) is 0 Å². The zero-order valence-electron chi connectivity index (χ0n) is 9.69. The van der Waals surface area contributed by atoms with E-state index in [1.165, 1.54) is 18.2 Å². The lowest BCUT2D eigenvalue weighted by Gasteiger charge is -2.09. The summed E-state index contributed by atoms with van der Waals surface area (Å²) in [7, 11) is 0. The van der Waals surface area contributed by atoms with E-state index in [0.717, 1.165) is 19.3 Å². The Morgan fingerprint density at radius 2 is 2.12 bits per heavy atom. The first-order valence-corrected chi connectivity index (χ1v) is 6.03. The van der Waals surface area contributed by atoms with Crippen molar-refractivity contribution in [2.45, 2.75) is 38.7 Å². The zero-order chi connectivity index (χ0) is 12.8. The van der Waals surface area contributed by atoms with Crippen molar-refractivity contribution in [1.29, 1.82) is 0 Å². The van der Waals surface area contributed by atoms with Crippen molar-refractivity contribution in [2.75, 3.05) is 0 Å². The maximum Gasteiger partial charge on any atom is 0.270 e. The van der Waals surface area contributed by atoms with Gasteiger partial charge in [0.2, 0.25) is 0 Å². The lowest BCUT2D eigenvalue weighted by Crippen LogP contribution is -1.98. The molecule has 0 heterocycles. The Bertz CT molecular complexity index is 395. The number of non-ortho nitro benzene ring substituents is 1. The molecule has 0 bridgehead atoms. The van der Waals surface area contributed by atoms with Crippen molar-refractivity contribution in [3.8, 4) is 0 Å². The van der Waals surface area contributed by atoms with Crippen LogP contribution in [-0.4, -0.2) is 4.92 Å². The van der Waals surface area contributed by atoms with Gasteiger partial charge >= 0.3 is 0 Å². The molecular formula is C12H15ClNO3. The minimum atomic E-state index is -0.894. The molecular weight excluding hydrogens is 242 g/mol. The van der Waals surface area contributed by atoms with Crippen LogP contribution in [0.2, 0.25) is 5.02 Å². The monoisotopic (exact) mass is 256 g/mol. The Balaban J connectivity index is 2.74. The van der Waals surface area contributed by atoms with Crippen molar-refractivity contribution in [3.05, 3.63) is 38.9 Å². The van der Waals surface area contributed by atoms with Crippen molar-refractivity contribution in [1.82, 2.24) is 0 Å². The SMILES string of the molecule is CCCCCC([O])c1ccc([N+](=O)[O-])cc1Cl. The van der Waals surface area contributed by atoms with Crippen LogP contribution in [0.4, 0.5) is 5.69 Å². The summed E-state index contributed by atoms with van der Waals surface area (Å²) in [5, 5.41) is 22.6. The van der Waals surface area contributed by atoms with Crippen LogP contribution in [0.15, 0.2) is 18.2 Å². The molecule has 4 nitrogen and oxygen atoms in total. The molecule has 0 fully saturated rings. The number of nitro benzene ring substituents is 1. The number of hydrogen-bond donors (Lipinski definition) is 0. The van der Waals surface area contributed by atoms with Crippen molar-refractivity contribution in [3.63, 3.8) is 0 Å². The molecule has 0 spiro atoms. The van der Waals surface area contributed by atoms with E-state index >= 15 is 0 Å². The average molecular weight is 257 g/mol. The molecule has 0 aliphatic carbocycles. The second-order valence-corrected chi connectivity index (χ2v) is 4.35. The molecule has 93 valence electrons. The van der Waals surface area contributed by atoms with Crippen LogP contribution in [0.25, 0.3) is 0 Å². The molecule has 1 rings (SSSR count). The summed E-state index contributed by atoms with van der Waals surface area (Å²) in [6.45, 7) is 2.07. The molecule has 0 aliphatic rings. The topological polar surface area (TPSA) is 63.0 Å². The molecule has 0 N–H and O–H groups in total. The Kier molecular flexibility index (Phi) is 5.38. The lowest BCUT2D eigenvalue weighted by atomic mass is 10.0. The molecule has 0 saturated carbocycles. The third kappa shape index (κ3) is 3.98. The first-order chi connectivity index (χ1) is 8.06. The van der Waals surface area contributed by atoms with E-state index in [-0.39, 0.29) is 10.7 Å². The normalized spacial score (nSPS) is 12.4. The quantitative estimate of drug-likeness (QED) is 0.433. The Morgan fingerprint density at radius 3 is 2.65 bits per heavy atom. The Labute approximate surface area is 105 Å². The lowest BCUT2D eigenvalue weighted by molar-refractivity contribution is -0.384. The van der Waals surface area contributed by atoms with E-state index in [0.29, 0.717) is 12.0 Å². The molecule has 1 radical (unpaired) electrons. The van der Waals surface area contributed by atoms with E-state index in [4.69, 9.17) is 11.6 Å². The number of nitro groups is 1. The van der Waals surface area contributed by atoms with Crippen LogP contribution in [-0.2, 0) is 5.11 Å². The highest BCUT2D eigenvalue weighted by molar-refractivity contribution is 6.31. The van der Waals surface area contributed by atoms with E-state index in [1.807, 2.05) is 0 Å². The fraction of sp³-hybridized carbons (Fsp3) is 0.500. The number of rotatable bonds is 6. The van der Waals surface area contributed by atoms with E-state index < -0.39 is 11.0 Å². The Hall–Kier alpha value is -1.13. The third-order valence-corrected chi connectivity index (χ3v) is 2.94. The highest BCUT2D eigenvalue weighted by Crippen LogP contribution is 2.30. The molecule has 0 amide bonds. The van der Waals surface area contributed by atoms with Gasteiger partial charge in [0.05, 0.1) is 9.95 Å². The fourth-order valence-electron chi connectivity index (χ4n) is 1.63. The summed E-state index contributed by atoms with van der Waals surface area (Å²) in [4.78, 5) is 9.99. The second kappa shape index (κ2) is 6.57. The van der Waals surface area contributed by atoms with E-state index in [9.17, 15) is 15.2 Å². The summed E-state index contributed by atoms with van der Waals surface area (Å²) in [5.74, 6) is 0. The maximum atomic E-state index is 11.9. The van der Waals surface area contributed by atoms with Gasteiger partial charge < -0.3 is 0 Å². The van der Waals surface area contributed by atoms with Crippen LogP contribution >= 0.6 is 11.6 Å². The molecule has 1 aromatic rings. The summed E-state index contributed by atoms with van der Waals surface area (Å²) in [6.07, 6.45) is 2.56. The summed E-state index contributed by atoms with van der Waals surface area (Å²) < 4.78 is 0. The molecule has 17 heavy (non-hydrogen) atoms. The highest BCUT2D eigenvalue weighted by atomic mass is 35.5. The van der Waals surface area contributed by atoms with Gasteiger partial charge in [0, 0.05) is 17.7 Å². The first-order valence-electron chi connectivity index (χ1n) is 5.66. The van der Waals surface area contributed by atoms with Gasteiger partial charge in [0.1, 0.15) is 6.10 Å². The van der Waals surface area contributed by atoms with Crippen LogP contribution in [0.1, 0.15) is 44.3 Å². The minimum Gasteiger partial charge on any atom is -0.258 e. The molecule has 5 heteroatoms. The molecule has 0 saturated heterocycles. The molecule has 1 unspecified atom stereocenters. The van der Waals surface area contributed by atoms with Crippen LogP contribution in [0.3, 0.4) is 0 Å². The highest BCUT2D eigenvalue weighted by Gasteiger charge is 2.16. The van der Waals surface area contributed by atoms with E-state index in [1.54, 1.807) is 0 Å². The van der Waals surface area contributed by atoms with Crippen molar-refractivity contribution >= 4 is 17.3 Å². The largest absolute Gasteiger partial charge is 0.270 e. The predicted octanol–water partition coefficient (Wildman–Crippen LogP) is 4.30. The standard InChI is InChI=1S/C12H15ClNO3/c1-2-3-4-5-12(15)10-7-6-9(14(16)17)8-11(10)13/h6-8,12H,2-5H2,1H3. The number of benzene rings is 1. The van der Waals surface area contributed by atoms with Gasteiger partial charge in [-0.1, -0.05) is 37.8 Å². The summed E-state index contributed by atoms with van der Waals surface area (Å²) in [6, 6.07) is 4.03. The Morgan fingerprint density at radius 1 is 1.41 bits per heavy atom. The molecule has 1 atom stereocenters. The van der Waals surface area contributed by atoms with Gasteiger partial charge in [-0.15, -0.1) is 0 Å². The van der Waals surface area contributed by atoms with Gasteiger partial charge in [-0.2, -0.15) is 0 Å². The third-order valence-electron chi connectivity index (χ3n) is 2.61. The first kappa shape index (κ1) is 13.9. The van der Waals surface area contributed by atoms with Crippen LogP contribution < -0.4 is 0 Å². The van der Waals surface area contributed by atoms with E-state index in [2.05, 4.69) is 6.92 Å². The van der Waals surface area contributed by atoms with Crippen molar-refractivity contribution in [2.24, 2.45) is 0 Å². The smallest absolute Gasteiger partial charge is 0.258 e. The van der Waals surface area contributed by atoms with Gasteiger partial charge in [-0.25, -0.2) is 5.11 Å². The minimum absolute atomic E-state index is 0.0838.